The number of aliphatic hydroxyl groups is 1. The number of carbonyl (C=O) groups excluding carboxylic acids is 1. The summed E-state index contributed by atoms with van der Waals surface area (Å²) in [5, 5.41) is 9.19. The van der Waals surface area contributed by atoms with E-state index in [0.29, 0.717) is 5.56 Å². The maximum absolute atomic E-state index is 13.0. The Morgan fingerprint density at radius 3 is 2.59 bits per heavy atom. The van der Waals surface area contributed by atoms with E-state index in [9.17, 15) is 14.3 Å². The van der Waals surface area contributed by atoms with Crippen molar-refractivity contribution in [1.29, 1.82) is 0 Å². The molecule has 0 unspecified atom stereocenters. The summed E-state index contributed by atoms with van der Waals surface area (Å²) in [6.07, 6.45) is 0. The van der Waals surface area contributed by atoms with Crippen molar-refractivity contribution in [2.75, 3.05) is 13.7 Å². The molecule has 3 nitrogen and oxygen atoms in total. The van der Waals surface area contributed by atoms with Gasteiger partial charge in [-0.05, 0) is 32.0 Å². The third-order valence-electron chi connectivity index (χ3n) is 2.79. The number of halogens is 1. The molecular formula is C12H16FNO2S. The third-order valence-corrected chi connectivity index (χ3v) is 3.14. The number of likely N-dealkylation sites (N-methyl/N-ethyl adjacent to an activating group) is 1. The summed E-state index contributed by atoms with van der Waals surface area (Å²) in [4.78, 5) is 13.6. The molecule has 0 aliphatic heterocycles. The first-order chi connectivity index (χ1) is 7.79. The van der Waals surface area contributed by atoms with E-state index in [1.165, 1.54) is 23.1 Å². The Kier molecular flexibility index (Phi) is 4.16. The Bertz CT molecular complexity index is 435. The molecule has 0 aliphatic rings. The highest BCUT2D eigenvalue weighted by Gasteiger charge is 2.27. The minimum atomic E-state index is -0.664. The number of thiol groups is 1. The average Bonchev–Trinajstić information content (AvgIpc) is 2.30. The van der Waals surface area contributed by atoms with Crippen LogP contribution in [-0.4, -0.2) is 35.1 Å². The molecule has 1 amide bonds. The van der Waals surface area contributed by atoms with Crippen LogP contribution in [-0.2, 0) is 0 Å². The molecule has 0 spiro atoms. The van der Waals surface area contributed by atoms with Gasteiger partial charge in [-0.3, -0.25) is 4.79 Å². The average molecular weight is 257 g/mol. The van der Waals surface area contributed by atoms with Crippen LogP contribution in [0.4, 0.5) is 4.39 Å². The van der Waals surface area contributed by atoms with E-state index in [0.717, 1.165) is 0 Å². The van der Waals surface area contributed by atoms with Gasteiger partial charge in [-0.2, -0.15) is 0 Å². The molecule has 1 aromatic rings. The van der Waals surface area contributed by atoms with E-state index >= 15 is 0 Å². The lowest BCUT2D eigenvalue weighted by Gasteiger charge is -2.34. The molecule has 0 heterocycles. The zero-order chi connectivity index (χ0) is 13.2. The molecule has 0 saturated carbocycles. The van der Waals surface area contributed by atoms with Gasteiger partial charge in [-0.1, -0.05) is 0 Å². The Balaban J connectivity index is 3.01. The number of amides is 1. The van der Waals surface area contributed by atoms with Crippen LogP contribution in [0.3, 0.4) is 0 Å². The summed E-state index contributed by atoms with van der Waals surface area (Å²) in [6, 6.07) is 3.99. The number of nitrogens with zero attached hydrogens (tertiary/aromatic N) is 1. The summed E-state index contributed by atoms with van der Waals surface area (Å²) >= 11 is 3.93. The standard InChI is InChI=1S/C12H16FNO2S/c1-12(2,7-15)14(3)11(16)8-4-5-9(13)10(17)6-8/h4-6,15,17H,7H2,1-3H3. The summed E-state index contributed by atoms with van der Waals surface area (Å²) in [7, 11) is 1.60. The normalized spacial score (nSPS) is 11.4. The van der Waals surface area contributed by atoms with Crippen LogP contribution in [0.1, 0.15) is 24.2 Å². The topological polar surface area (TPSA) is 40.5 Å². The molecule has 1 aromatic carbocycles. The largest absolute Gasteiger partial charge is 0.394 e. The van der Waals surface area contributed by atoms with E-state index in [4.69, 9.17) is 0 Å². The van der Waals surface area contributed by atoms with Crippen LogP contribution < -0.4 is 0 Å². The van der Waals surface area contributed by atoms with Crippen LogP contribution in [0.25, 0.3) is 0 Å². The maximum atomic E-state index is 13.0. The molecule has 0 atom stereocenters. The van der Waals surface area contributed by atoms with E-state index < -0.39 is 11.4 Å². The molecule has 94 valence electrons. The lowest BCUT2D eigenvalue weighted by molar-refractivity contribution is 0.0473. The fourth-order valence-corrected chi connectivity index (χ4v) is 1.43. The number of rotatable bonds is 3. The number of carbonyl (C=O) groups is 1. The summed E-state index contributed by atoms with van der Waals surface area (Å²) in [5.74, 6) is -0.742. The number of aliphatic hydroxyl groups excluding tert-OH is 1. The number of hydrogen-bond donors (Lipinski definition) is 2. The summed E-state index contributed by atoms with van der Waals surface area (Å²) in [6.45, 7) is 3.34. The SMILES string of the molecule is CN(C(=O)c1ccc(F)c(S)c1)C(C)(C)CO. The molecule has 0 fully saturated rings. The highest BCUT2D eigenvalue weighted by Crippen LogP contribution is 2.19. The first kappa shape index (κ1) is 14.0. The Hall–Kier alpha value is -1.07. The van der Waals surface area contributed by atoms with E-state index in [1.54, 1.807) is 20.9 Å². The minimum Gasteiger partial charge on any atom is -0.394 e. The van der Waals surface area contributed by atoms with Gasteiger partial charge in [-0.15, -0.1) is 12.6 Å². The fourth-order valence-electron chi connectivity index (χ4n) is 1.22. The smallest absolute Gasteiger partial charge is 0.254 e. The van der Waals surface area contributed by atoms with Crippen molar-refractivity contribution < 1.29 is 14.3 Å². The van der Waals surface area contributed by atoms with Gasteiger partial charge in [0.15, 0.2) is 0 Å². The van der Waals surface area contributed by atoms with Gasteiger partial charge < -0.3 is 10.0 Å². The molecule has 17 heavy (non-hydrogen) atoms. The predicted octanol–water partition coefficient (Wildman–Crippen LogP) is 1.96. The first-order valence-electron chi connectivity index (χ1n) is 5.17. The van der Waals surface area contributed by atoms with E-state index in [2.05, 4.69) is 12.6 Å². The minimum absolute atomic E-state index is 0.131. The van der Waals surface area contributed by atoms with E-state index in [-0.39, 0.29) is 17.4 Å². The van der Waals surface area contributed by atoms with Gasteiger partial charge in [0.25, 0.3) is 5.91 Å². The van der Waals surface area contributed by atoms with Gasteiger partial charge in [-0.25, -0.2) is 4.39 Å². The fraction of sp³-hybridized carbons (Fsp3) is 0.417. The zero-order valence-corrected chi connectivity index (χ0v) is 11.0. The molecule has 0 aromatic heterocycles. The maximum Gasteiger partial charge on any atom is 0.254 e. The molecule has 0 aliphatic carbocycles. The Labute approximate surface area is 106 Å². The van der Waals surface area contributed by atoms with Crippen molar-refractivity contribution in [1.82, 2.24) is 4.90 Å². The second kappa shape index (κ2) is 5.06. The van der Waals surface area contributed by atoms with Crippen LogP contribution in [0.15, 0.2) is 23.1 Å². The van der Waals surface area contributed by atoms with Crippen molar-refractivity contribution in [3.05, 3.63) is 29.6 Å². The lowest BCUT2D eigenvalue weighted by atomic mass is 10.0. The molecular weight excluding hydrogens is 241 g/mol. The second-order valence-electron chi connectivity index (χ2n) is 4.50. The highest BCUT2D eigenvalue weighted by molar-refractivity contribution is 7.80. The molecule has 5 heteroatoms. The van der Waals surface area contributed by atoms with E-state index in [1.807, 2.05) is 0 Å². The first-order valence-corrected chi connectivity index (χ1v) is 5.62. The Morgan fingerprint density at radius 2 is 2.12 bits per heavy atom. The predicted molar refractivity (Wildman–Crippen MR) is 66.9 cm³/mol. The van der Waals surface area contributed by atoms with Crippen molar-refractivity contribution in [2.45, 2.75) is 24.3 Å². The van der Waals surface area contributed by atoms with Crippen LogP contribution >= 0.6 is 12.6 Å². The lowest BCUT2D eigenvalue weighted by Crippen LogP contribution is -2.47. The monoisotopic (exact) mass is 257 g/mol. The van der Waals surface area contributed by atoms with Gasteiger partial charge in [0.05, 0.1) is 12.1 Å². The van der Waals surface area contributed by atoms with Crippen LogP contribution in [0.2, 0.25) is 0 Å². The van der Waals surface area contributed by atoms with Crippen molar-refractivity contribution in [3.8, 4) is 0 Å². The van der Waals surface area contributed by atoms with Crippen molar-refractivity contribution in [3.63, 3.8) is 0 Å². The molecule has 0 saturated heterocycles. The Morgan fingerprint density at radius 1 is 1.53 bits per heavy atom. The van der Waals surface area contributed by atoms with Gasteiger partial charge >= 0.3 is 0 Å². The van der Waals surface area contributed by atoms with Crippen LogP contribution in [0, 0.1) is 5.82 Å². The molecule has 1 N–H and O–H groups in total. The van der Waals surface area contributed by atoms with Crippen LogP contribution in [0.5, 0.6) is 0 Å². The quantitative estimate of drug-likeness (QED) is 0.813. The summed E-state index contributed by atoms with van der Waals surface area (Å²) < 4.78 is 13.0. The second-order valence-corrected chi connectivity index (χ2v) is 4.98. The molecule has 0 radical (unpaired) electrons. The third kappa shape index (κ3) is 2.98. The molecule has 0 bridgehead atoms. The van der Waals surface area contributed by atoms with Gasteiger partial charge in [0, 0.05) is 17.5 Å². The van der Waals surface area contributed by atoms with Crippen molar-refractivity contribution in [2.24, 2.45) is 0 Å². The van der Waals surface area contributed by atoms with Gasteiger partial charge in [0.2, 0.25) is 0 Å². The summed E-state index contributed by atoms with van der Waals surface area (Å²) in [5.41, 5.74) is -0.317. The molecule has 1 rings (SSSR count). The zero-order valence-electron chi connectivity index (χ0n) is 10.1. The number of hydrogen-bond acceptors (Lipinski definition) is 3. The highest BCUT2D eigenvalue weighted by atomic mass is 32.1. The van der Waals surface area contributed by atoms with Gasteiger partial charge in [0.1, 0.15) is 5.82 Å². The number of benzene rings is 1. The van der Waals surface area contributed by atoms with Crippen molar-refractivity contribution >= 4 is 18.5 Å².